The lowest BCUT2D eigenvalue weighted by atomic mass is 9.78. The lowest BCUT2D eigenvalue weighted by Crippen LogP contribution is -2.45. The van der Waals surface area contributed by atoms with E-state index in [0.29, 0.717) is 6.61 Å². The third kappa shape index (κ3) is 3.17. The van der Waals surface area contributed by atoms with Crippen LogP contribution in [0.4, 0.5) is 0 Å². The summed E-state index contributed by atoms with van der Waals surface area (Å²) in [6.45, 7) is 0.458. The van der Waals surface area contributed by atoms with Crippen LogP contribution in [0.5, 0.6) is 0 Å². The number of nitrogens with one attached hydrogen (secondary N) is 1. The van der Waals surface area contributed by atoms with Crippen LogP contribution in [0.1, 0.15) is 30.4 Å². The van der Waals surface area contributed by atoms with Crippen LogP contribution >= 0.6 is 12.2 Å². The highest BCUT2D eigenvalue weighted by molar-refractivity contribution is 7.80. The number of hydrogen-bond donors (Lipinski definition) is 1. The van der Waals surface area contributed by atoms with Crippen molar-refractivity contribution in [2.24, 2.45) is 5.16 Å². The first-order valence-corrected chi connectivity index (χ1v) is 8.54. The van der Waals surface area contributed by atoms with Gasteiger partial charge in [0.15, 0.2) is 0 Å². The summed E-state index contributed by atoms with van der Waals surface area (Å²) in [7, 11) is 1.86. The van der Waals surface area contributed by atoms with Crippen molar-refractivity contribution in [2.45, 2.75) is 31.3 Å². The Labute approximate surface area is 147 Å². The monoisotopic (exact) mass is 339 g/mol. The quantitative estimate of drug-likeness (QED) is 0.667. The zero-order valence-electron chi connectivity index (χ0n) is 13.7. The highest BCUT2D eigenvalue weighted by atomic mass is 32.1. The molecule has 1 N–H and O–H groups in total. The third-order valence-corrected chi connectivity index (χ3v) is 5.03. The molecule has 0 aliphatic heterocycles. The molecule has 1 atom stereocenters. The number of oxime groups is 1. The molecule has 1 fully saturated rings. The van der Waals surface area contributed by atoms with E-state index in [9.17, 15) is 0 Å². The fraction of sp³-hybridized carbons (Fsp3) is 0.316. The molecule has 124 valence electrons. The number of benzene rings is 1. The van der Waals surface area contributed by atoms with Crippen LogP contribution in [0.25, 0.3) is 0 Å². The molecule has 1 unspecified atom stereocenters. The van der Waals surface area contributed by atoms with Crippen LogP contribution in [-0.4, -0.2) is 22.7 Å². The number of nitrogens with zero attached hydrogens (tertiary/aromatic N) is 2. The summed E-state index contributed by atoms with van der Waals surface area (Å²) in [5.41, 5.74) is 2.74. The van der Waals surface area contributed by atoms with Crippen LogP contribution in [-0.2, 0) is 16.9 Å². The topological polar surface area (TPSA) is 46.5 Å². The van der Waals surface area contributed by atoms with Gasteiger partial charge in [-0.05, 0) is 36.5 Å². The Bertz CT molecular complexity index is 718. The molecule has 2 aromatic rings. The lowest BCUT2D eigenvalue weighted by Gasteiger charge is -2.30. The molecule has 1 heterocycles. The predicted octanol–water partition coefficient (Wildman–Crippen LogP) is 3.62. The van der Waals surface area contributed by atoms with Crippen LogP contribution < -0.4 is 5.32 Å². The zero-order valence-corrected chi connectivity index (χ0v) is 14.6. The van der Waals surface area contributed by atoms with E-state index in [1.807, 2.05) is 49.6 Å². The summed E-state index contributed by atoms with van der Waals surface area (Å²) >= 11 is 5.65. The normalized spacial score (nSPS) is 21.6. The maximum absolute atomic E-state index is 5.66. The molecular weight excluding hydrogens is 318 g/mol. The van der Waals surface area contributed by atoms with Crippen molar-refractivity contribution in [3.05, 3.63) is 66.0 Å². The molecule has 1 saturated carbocycles. The second-order valence-corrected chi connectivity index (χ2v) is 6.28. The van der Waals surface area contributed by atoms with E-state index >= 15 is 0 Å². The molecule has 1 aliphatic rings. The van der Waals surface area contributed by atoms with E-state index in [2.05, 4.69) is 21.5 Å². The Morgan fingerprint density at radius 1 is 1.29 bits per heavy atom. The van der Waals surface area contributed by atoms with E-state index in [1.54, 1.807) is 6.20 Å². The van der Waals surface area contributed by atoms with Gasteiger partial charge in [-0.3, -0.25) is 4.98 Å². The Kier molecular flexibility index (Phi) is 5.20. The minimum atomic E-state index is -0.408. The first-order chi connectivity index (χ1) is 11.8. The zero-order chi connectivity index (χ0) is 16.8. The third-order valence-electron chi connectivity index (χ3n) is 4.48. The molecule has 0 amide bonds. The summed E-state index contributed by atoms with van der Waals surface area (Å²) in [6, 6.07) is 14.0. The SMILES string of the molecule is CNC(=S)C1(c2cccnc2)CCC/C1=N/OCc1ccccc1. The Morgan fingerprint density at radius 3 is 2.83 bits per heavy atom. The van der Waals surface area contributed by atoms with Crippen molar-refractivity contribution >= 4 is 22.9 Å². The predicted molar refractivity (Wildman–Crippen MR) is 100 cm³/mol. The van der Waals surface area contributed by atoms with E-state index in [-0.39, 0.29) is 0 Å². The summed E-state index contributed by atoms with van der Waals surface area (Å²) in [5, 5.41) is 7.63. The molecule has 1 aliphatic carbocycles. The second kappa shape index (κ2) is 7.53. The molecule has 4 nitrogen and oxygen atoms in total. The number of rotatable bonds is 5. The molecular formula is C19H21N3OS. The maximum Gasteiger partial charge on any atom is 0.142 e. The highest BCUT2D eigenvalue weighted by Gasteiger charge is 2.46. The van der Waals surface area contributed by atoms with Crippen molar-refractivity contribution in [2.75, 3.05) is 7.05 Å². The smallest absolute Gasteiger partial charge is 0.142 e. The summed E-state index contributed by atoms with van der Waals surface area (Å²) < 4.78 is 0. The first kappa shape index (κ1) is 16.6. The molecule has 0 saturated heterocycles. The standard InChI is InChI=1S/C19H21N3OS/c1-20-18(24)19(16-9-6-12-21-13-16)11-5-10-17(19)22-23-14-15-7-3-2-4-8-15/h2-4,6-9,12-13H,5,10-11,14H2,1H3,(H,20,24)/b22-17-. The van der Waals surface area contributed by atoms with Gasteiger partial charge in [-0.15, -0.1) is 0 Å². The van der Waals surface area contributed by atoms with Crippen molar-refractivity contribution in [3.63, 3.8) is 0 Å². The fourth-order valence-electron chi connectivity index (χ4n) is 3.28. The number of aromatic nitrogens is 1. The van der Waals surface area contributed by atoms with Gasteiger partial charge in [0.1, 0.15) is 6.61 Å². The van der Waals surface area contributed by atoms with Crippen LogP contribution in [0, 0.1) is 0 Å². The van der Waals surface area contributed by atoms with Crippen molar-refractivity contribution in [1.29, 1.82) is 0 Å². The molecule has 3 rings (SSSR count). The average Bonchev–Trinajstić information content (AvgIpc) is 3.07. The molecule has 0 bridgehead atoms. The Morgan fingerprint density at radius 2 is 2.12 bits per heavy atom. The van der Waals surface area contributed by atoms with Crippen LogP contribution in [0.2, 0.25) is 0 Å². The minimum absolute atomic E-state index is 0.408. The minimum Gasteiger partial charge on any atom is -0.391 e. The number of hydrogen-bond acceptors (Lipinski definition) is 4. The number of thiocarbonyl (C=S) groups is 1. The van der Waals surface area contributed by atoms with Gasteiger partial charge in [-0.2, -0.15) is 0 Å². The van der Waals surface area contributed by atoms with Gasteiger partial charge in [0.25, 0.3) is 0 Å². The van der Waals surface area contributed by atoms with Crippen molar-refractivity contribution in [1.82, 2.24) is 10.3 Å². The van der Waals surface area contributed by atoms with Gasteiger partial charge < -0.3 is 10.2 Å². The average molecular weight is 339 g/mol. The maximum atomic E-state index is 5.66. The van der Waals surface area contributed by atoms with E-state index in [0.717, 1.165) is 41.1 Å². The van der Waals surface area contributed by atoms with Gasteiger partial charge in [-0.1, -0.05) is 53.8 Å². The molecule has 0 spiro atoms. The van der Waals surface area contributed by atoms with E-state index in [1.165, 1.54) is 0 Å². The first-order valence-electron chi connectivity index (χ1n) is 8.13. The van der Waals surface area contributed by atoms with Gasteiger partial charge in [-0.25, -0.2) is 0 Å². The lowest BCUT2D eigenvalue weighted by molar-refractivity contribution is 0.129. The van der Waals surface area contributed by atoms with Gasteiger partial charge in [0, 0.05) is 19.4 Å². The molecule has 1 aromatic carbocycles. The molecule has 5 heteroatoms. The molecule has 0 radical (unpaired) electrons. The summed E-state index contributed by atoms with van der Waals surface area (Å²) in [4.78, 5) is 10.7. The van der Waals surface area contributed by atoms with E-state index in [4.69, 9.17) is 17.1 Å². The second-order valence-electron chi connectivity index (χ2n) is 5.88. The number of likely N-dealkylation sites (N-methyl/N-ethyl adjacent to an activating group) is 1. The summed E-state index contributed by atoms with van der Waals surface area (Å²) in [6.07, 6.45) is 6.49. The molecule has 24 heavy (non-hydrogen) atoms. The van der Waals surface area contributed by atoms with Crippen molar-refractivity contribution < 1.29 is 4.84 Å². The summed E-state index contributed by atoms with van der Waals surface area (Å²) in [5.74, 6) is 0. The fourth-order valence-corrected chi connectivity index (χ4v) is 3.61. The van der Waals surface area contributed by atoms with Crippen LogP contribution in [0.15, 0.2) is 60.0 Å². The van der Waals surface area contributed by atoms with E-state index < -0.39 is 5.41 Å². The van der Waals surface area contributed by atoms with Gasteiger partial charge in [0.2, 0.25) is 0 Å². The van der Waals surface area contributed by atoms with Gasteiger partial charge >= 0.3 is 0 Å². The van der Waals surface area contributed by atoms with Gasteiger partial charge in [0.05, 0.1) is 16.1 Å². The molecule has 1 aromatic heterocycles. The largest absolute Gasteiger partial charge is 0.391 e. The van der Waals surface area contributed by atoms with Crippen molar-refractivity contribution in [3.8, 4) is 0 Å². The van der Waals surface area contributed by atoms with Crippen LogP contribution in [0.3, 0.4) is 0 Å². The Hall–Kier alpha value is -2.27. The number of pyridine rings is 1. The Balaban J connectivity index is 1.87. The highest BCUT2D eigenvalue weighted by Crippen LogP contribution is 2.40.